The number of carbonyl (C=O) groups is 1. The highest BCUT2D eigenvalue weighted by molar-refractivity contribution is 5.89. The minimum absolute atomic E-state index is 0.364. The van der Waals surface area contributed by atoms with Crippen LogP contribution < -0.4 is 15.4 Å². The van der Waals surface area contributed by atoms with Crippen LogP contribution in [0, 0.1) is 5.92 Å². The van der Waals surface area contributed by atoms with Gasteiger partial charge in [0, 0.05) is 18.3 Å². The Morgan fingerprint density at radius 3 is 2.61 bits per heavy atom. The topological polar surface area (TPSA) is 102 Å². The van der Waals surface area contributed by atoms with Crippen LogP contribution in [0.5, 0.6) is 11.5 Å². The molecule has 2 amide bonds. The zero-order valence-electron chi connectivity index (χ0n) is 16.0. The maximum absolute atomic E-state index is 12.2. The van der Waals surface area contributed by atoms with Gasteiger partial charge >= 0.3 is 6.03 Å². The first-order valence-electron chi connectivity index (χ1n) is 9.07. The first kappa shape index (κ1) is 19.3. The molecule has 2 aromatic heterocycles. The van der Waals surface area contributed by atoms with Crippen molar-refractivity contribution in [1.82, 2.24) is 20.4 Å². The van der Waals surface area contributed by atoms with Gasteiger partial charge in [-0.15, -0.1) is 0 Å². The van der Waals surface area contributed by atoms with E-state index in [0.29, 0.717) is 34.8 Å². The fourth-order valence-electron chi connectivity index (χ4n) is 2.47. The molecule has 0 bridgehead atoms. The van der Waals surface area contributed by atoms with E-state index in [1.54, 1.807) is 49.6 Å². The maximum atomic E-state index is 12.2. The van der Waals surface area contributed by atoms with E-state index in [0.717, 1.165) is 6.42 Å². The number of anilines is 1. The first-order valence-corrected chi connectivity index (χ1v) is 9.07. The van der Waals surface area contributed by atoms with Crippen LogP contribution >= 0.6 is 0 Å². The number of pyridine rings is 1. The van der Waals surface area contributed by atoms with E-state index >= 15 is 0 Å². The van der Waals surface area contributed by atoms with E-state index in [1.165, 1.54) is 0 Å². The van der Waals surface area contributed by atoms with E-state index in [2.05, 4.69) is 39.6 Å². The average Bonchev–Trinajstić information content (AvgIpc) is 3.12. The van der Waals surface area contributed by atoms with E-state index in [1.807, 2.05) is 6.07 Å². The second kappa shape index (κ2) is 8.98. The van der Waals surface area contributed by atoms with Gasteiger partial charge in [0.05, 0.1) is 6.20 Å². The third kappa shape index (κ3) is 5.54. The molecule has 0 saturated carbocycles. The molecule has 1 aromatic carbocycles. The highest BCUT2D eigenvalue weighted by Crippen LogP contribution is 2.22. The number of amides is 2. The Morgan fingerprint density at radius 2 is 1.93 bits per heavy atom. The van der Waals surface area contributed by atoms with Gasteiger partial charge in [0.25, 0.3) is 0 Å². The molecule has 0 aliphatic rings. The summed E-state index contributed by atoms with van der Waals surface area (Å²) in [5.74, 6) is 2.75. The van der Waals surface area contributed by atoms with Crippen LogP contribution in [0.3, 0.4) is 0 Å². The molecule has 0 aliphatic carbocycles. The lowest BCUT2D eigenvalue weighted by Crippen LogP contribution is -2.31. The minimum atomic E-state index is -0.401. The summed E-state index contributed by atoms with van der Waals surface area (Å²) in [6.07, 6.45) is 4.04. The predicted molar refractivity (Wildman–Crippen MR) is 104 cm³/mol. The largest absolute Gasteiger partial charge is 0.456 e. The summed E-state index contributed by atoms with van der Waals surface area (Å²) in [7, 11) is 0. The molecule has 0 saturated heterocycles. The van der Waals surface area contributed by atoms with Gasteiger partial charge in [-0.25, -0.2) is 4.79 Å². The van der Waals surface area contributed by atoms with Gasteiger partial charge in [0.1, 0.15) is 17.5 Å². The highest BCUT2D eigenvalue weighted by atomic mass is 16.5. The fourth-order valence-corrected chi connectivity index (χ4v) is 2.47. The van der Waals surface area contributed by atoms with E-state index < -0.39 is 6.04 Å². The van der Waals surface area contributed by atoms with Crippen molar-refractivity contribution in [3.63, 3.8) is 0 Å². The SMILES string of the molecule is CC(C)Cc1noc([C@@H](C)NC(=O)Nc2ccc(Oc3cccnc3)cc2)n1. The number of aromatic nitrogens is 3. The third-order valence-corrected chi connectivity index (χ3v) is 3.77. The summed E-state index contributed by atoms with van der Waals surface area (Å²) >= 11 is 0. The molecule has 0 spiro atoms. The molecule has 3 rings (SSSR count). The average molecular weight is 381 g/mol. The fraction of sp³-hybridized carbons (Fsp3) is 0.300. The number of hydrogen-bond acceptors (Lipinski definition) is 6. The van der Waals surface area contributed by atoms with Crippen LogP contribution in [0.2, 0.25) is 0 Å². The van der Waals surface area contributed by atoms with Crippen LogP contribution in [0.4, 0.5) is 10.5 Å². The lowest BCUT2D eigenvalue weighted by molar-refractivity contribution is 0.245. The molecule has 8 heteroatoms. The normalized spacial score (nSPS) is 11.9. The summed E-state index contributed by atoms with van der Waals surface area (Å²) in [4.78, 5) is 20.5. The van der Waals surface area contributed by atoms with Gasteiger partial charge in [0.2, 0.25) is 5.89 Å². The zero-order chi connectivity index (χ0) is 19.9. The van der Waals surface area contributed by atoms with Crippen molar-refractivity contribution >= 4 is 11.7 Å². The monoisotopic (exact) mass is 381 g/mol. The summed E-state index contributed by atoms with van der Waals surface area (Å²) in [5.41, 5.74) is 0.634. The second-order valence-electron chi connectivity index (χ2n) is 6.78. The molecule has 0 aliphatic heterocycles. The van der Waals surface area contributed by atoms with Gasteiger partial charge < -0.3 is 19.9 Å². The van der Waals surface area contributed by atoms with Crippen LogP contribution in [0.25, 0.3) is 0 Å². The van der Waals surface area contributed by atoms with E-state index in [4.69, 9.17) is 9.26 Å². The molecule has 28 heavy (non-hydrogen) atoms. The first-order chi connectivity index (χ1) is 13.5. The Morgan fingerprint density at radius 1 is 1.14 bits per heavy atom. The van der Waals surface area contributed by atoms with Crippen LogP contribution in [0.1, 0.15) is 38.5 Å². The van der Waals surface area contributed by atoms with Crippen LogP contribution in [0.15, 0.2) is 53.3 Å². The van der Waals surface area contributed by atoms with Gasteiger partial charge in [-0.3, -0.25) is 4.98 Å². The number of nitrogens with one attached hydrogen (secondary N) is 2. The van der Waals surface area contributed by atoms with Crippen LogP contribution in [-0.2, 0) is 6.42 Å². The van der Waals surface area contributed by atoms with Crippen molar-refractivity contribution in [2.45, 2.75) is 33.2 Å². The number of urea groups is 1. The van der Waals surface area contributed by atoms with E-state index in [9.17, 15) is 4.79 Å². The van der Waals surface area contributed by atoms with Crippen molar-refractivity contribution in [1.29, 1.82) is 0 Å². The smallest absolute Gasteiger partial charge is 0.319 e. The maximum Gasteiger partial charge on any atom is 0.319 e. The molecular formula is C20H23N5O3. The highest BCUT2D eigenvalue weighted by Gasteiger charge is 2.17. The Balaban J connectivity index is 1.52. The van der Waals surface area contributed by atoms with Gasteiger partial charge in [-0.2, -0.15) is 4.98 Å². The molecular weight excluding hydrogens is 358 g/mol. The lowest BCUT2D eigenvalue weighted by atomic mass is 10.1. The molecule has 2 N–H and O–H groups in total. The van der Waals surface area contributed by atoms with Crippen molar-refractivity contribution < 1.29 is 14.1 Å². The number of rotatable bonds is 7. The second-order valence-corrected chi connectivity index (χ2v) is 6.78. The number of benzene rings is 1. The standard InChI is InChI=1S/C20H23N5O3/c1-13(2)11-18-24-19(28-25-18)14(3)22-20(26)23-15-6-8-16(9-7-15)27-17-5-4-10-21-12-17/h4-10,12-14H,11H2,1-3H3,(H2,22,23,26)/t14-/m1/s1. The summed E-state index contributed by atoms with van der Waals surface area (Å²) in [5, 5.41) is 9.48. The molecule has 0 radical (unpaired) electrons. The number of hydrogen-bond donors (Lipinski definition) is 2. The molecule has 0 fully saturated rings. The molecule has 1 atom stereocenters. The van der Waals surface area contributed by atoms with Crippen molar-refractivity contribution in [2.24, 2.45) is 5.92 Å². The quantitative estimate of drug-likeness (QED) is 0.631. The van der Waals surface area contributed by atoms with Crippen molar-refractivity contribution in [2.75, 3.05) is 5.32 Å². The Hall–Kier alpha value is -3.42. The Bertz CT molecular complexity index is 894. The number of ether oxygens (including phenoxy) is 1. The summed E-state index contributed by atoms with van der Waals surface area (Å²) in [6, 6.07) is 9.89. The zero-order valence-corrected chi connectivity index (χ0v) is 16.0. The summed E-state index contributed by atoms with van der Waals surface area (Å²) in [6.45, 7) is 5.95. The number of carbonyl (C=O) groups excluding carboxylic acids is 1. The van der Waals surface area contributed by atoms with Crippen molar-refractivity contribution in [3.05, 3.63) is 60.5 Å². The van der Waals surface area contributed by atoms with E-state index in [-0.39, 0.29) is 6.03 Å². The third-order valence-electron chi connectivity index (χ3n) is 3.77. The molecule has 146 valence electrons. The van der Waals surface area contributed by atoms with Gasteiger partial charge in [-0.1, -0.05) is 19.0 Å². The number of nitrogens with zero attached hydrogens (tertiary/aromatic N) is 3. The van der Waals surface area contributed by atoms with Gasteiger partial charge in [0.15, 0.2) is 5.82 Å². The molecule has 0 unspecified atom stereocenters. The molecule has 2 heterocycles. The Labute approximate surface area is 163 Å². The van der Waals surface area contributed by atoms with Gasteiger partial charge in [-0.05, 0) is 49.2 Å². The molecule has 8 nitrogen and oxygen atoms in total. The van der Waals surface area contributed by atoms with Crippen molar-refractivity contribution in [3.8, 4) is 11.5 Å². The lowest BCUT2D eigenvalue weighted by Gasteiger charge is -2.11. The van der Waals surface area contributed by atoms with Crippen LogP contribution in [-0.4, -0.2) is 21.2 Å². The summed E-state index contributed by atoms with van der Waals surface area (Å²) < 4.78 is 10.9. The minimum Gasteiger partial charge on any atom is -0.456 e. The predicted octanol–water partition coefficient (Wildman–Crippen LogP) is 4.34. The Kier molecular flexibility index (Phi) is 6.21. The molecule has 3 aromatic rings.